The third-order valence-electron chi connectivity index (χ3n) is 5.96. The van der Waals surface area contributed by atoms with Crippen LogP contribution in [0.25, 0.3) is 27.1 Å². The molecule has 3 nitrogen and oxygen atoms in total. The molecule has 0 atom stereocenters. The van der Waals surface area contributed by atoms with E-state index in [1.54, 1.807) is 0 Å². The monoisotopic (exact) mass is 465 g/mol. The summed E-state index contributed by atoms with van der Waals surface area (Å²) >= 11 is 0. The second-order valence-corrected chi connectivity index (χ2v) is 8.22. The SMILES string of the molecule is [C-]#[N+]c1cc(N(c2cccc(-c3ccccc3)c2)c2cccc(-c3ccccc3)c2)cc(C#N)c1F. The van der Waals surface area contributed by atoms with Crippen LogP contribution in [0.1, 0.15) is 5.56 Å². The van der Waals surface area contributed by atoms with Gasteiger partial charge in [0.25, 0.3) is 0 Å². The first kappa shape index (κ1) is 22.6. The Balaban J connectivity index is 1.73. The Hall–Kier alpha value is -5.19. The molecule has 0 saturated carbocycles. The number of rotatable bonds is 5. The maximum atomic E-state index is 14.6. The van der Waals surface area contributed by atoms with Gasteiger partial charge in [-0.05, 0) is 58.7 Å². The molecule has 36 heavy (non-hydrogen) atoms. The average molecular weight is 466 g/mol. The van der Waals surface area contributed by atoms with Crippen molar-refractivity contribution in [1.29, 1.82) is 5.26 Å². The fourth-order valence-electron chi connectivity index (χ4n) is 4.24. The Bertz CT molecular complexity index is 1500. The van der Waals surface area contributed by atoms with Gasteiger partial charge in [-0.25, -0.2) is 9.24 Å². The van der Waals surface area contributed by atoms with Gasteiger partial charge in [-0.1, -0.05) is 84.9 Å². The molecule has 0 bridgehead atoms. The van der Waals surface area contributed by atoms with E-state index >= 15 is 0 Å². The molecule has 0 heterocycles. The molecule has 5 aromatic carbocycles. The van der Waals surface area contributed by atoms with Gasteiger partial charge >= 0.3 is 0 Å². The minimum atomic E-state index is -0.799. The average Bonchev–Trinajstić information content (AvgIpc) is 2.95. The topological polar surface area (TPSA) is 31.4 Å². The van der Waals surface area contributed by atoms with E-state index in [-0.39, 0.29) is 11.3 Å². The third kappa shape index (κ3) is 4.44. The first-order valence-electron chi connectivity index (χ1n) is 11.4. The Labute approximate surface area is 209 Å². The molecule has 0 radical (unpaired) electrons. The number of nitriles is 1. The van der Waals surface area contributed by atoms with Crippen LogP contribution < -0.4 is 4.90 Å². The van der Waals surface area contributed by atoms with E-state index in [4.69, 9.17) is 6.57 Å². The number of nitrogens with zero attached hydrogens (tertiary/aromatic N) is 3. The zero-order valence-electron chi connectivity index (χ0n) is 19.3. The van der Waals surface area contributed by atoms with E-state index in [1.807, 2.05) is 108 Å². The van der Waals surface area contributed by atoms with Gasteiger partial charge in [-0.15, -0.1) is 0 Å². The van der Waals surface area contributed by atoms with Crippen molar-refractivity contribution in [3.8, 4) is 28.3 Å². The Morgan fingerprint density at radius 1 is 0.611 bits per heavy atom. The van der Waals surface area contributed by atoms with Gasteiger partial charge in [-0.2, -0.15) is 5.26 Å². The van der Waals surface area contributed by atoms with Crippen molar-refractivity contribution in [2.45, 2.75) is 0 Å². The highest BCUT2D eigenvalue weighted by molar-refractivity contribution is 5.84. The summed E-state index contributed by atoms with van der Waals surface area (Å²) in [6, 6.07) is 41.0. The number of anilines is 3. The lowest BCUT2D eigenvalue weighted by molar-refractivity contribution is 0.630. The Morgan fingerprint density at radius 3 is 1.58 bits per heavy atom. The second kappa shape index (κ2) is 9.97. The van der Waals surface area contributed by atoms with Gasteiger partial charge in [0.2, 0.25) is 5.69 Å². The molecule has 0 amide bonds. The van der Waals surface area contributed by atoms with Crippen molar-refractivity contribution >= 4 is 22.7 Å². The molecule has 0 aliphatic carbocycles. The molecular weight excluding hydrogens is 445 g/mol. The predicted octanol–water partition coefficient (Wildman–Crippen LogP) is 9.05. The fraction of sp³-hybridized carbons (Fsp3) is 0. The summed E-state index contributed by atoms with van der Waals surface area (Å²) in [7, 11) is 0. The maximum Gasteiger partial charge on any atom is 0.225 e. The van der Waals surface area contributed by atoms with Gasteiger partial charge in [0.1, 0.15) is 11.9 Å². The van der Waals surface area contributed by atoms with Crippen LogP contribution >= 0.6 is 0 Å². The normalized spacial score (nSPS) is 10.3. The van der Waals surface area contributed by atoms with Crippen molar-refractivity contribution < 1.29 is 4.39 Å². The summed E-state index contributed by atoms with van der Waals surface area (Å²) in [6.45, 7) is 7.45. The van der Waals surface area contributed by atoms with E-state index in [2.05, 4.69) is 17.0 Å². The standard InChI is InChI=1S/C32H20FN3/c1-35-31-21-30(20-27(22-34)32(31)33)36(28-16-8-14-25(18-28)23-10-4-2-5-11-23)29-17-9-15-26(19-29)24-12-6-3-7-13-24/h2-21H. The molecule has 4 heteroatoms. The van der Waals surface area contributed by atoms with Crippen LogP contribution in [-0.4, -0.2) is 0 Å². The van der Waals surface area contributed by atoms with E-state index in [0.29, 0.717) is 5.69 Å². The predicted molar refractivity (Wildman–Crippen MR) is 143 cm³/mol. The molecule has 0 aromatic heterocycles. The van der Waals surface area contributed by atoms with Crippen molar-refractivity contribution in [2.24, 2.45) is 0 Å². The first-order valence-corrected chi connectivity index (χ1v) is 11.4. The number of hydrogen-bond donors (Lipinski definition) is 0. The highest BCUT2D eigenvalue weighted by Gasteiger charge is 2.19. The molecule has 0 N–H and O–H groups in total. The lowest BCUT2D eigenvalue weighted by atomic mass is 10.0. The molecule has 5 rings (SSSR count). The molecule has 0 fully saturated rings. The van der Waals surface area contributed by atoms with Crippen LogP contribution in [0.5, 0.6) is 0 Å². The summed E-state index contributed by atoms with van der Waals surface area (Å²) < 4.78 is 14.6. The van der Waals surface area contributed by atoms with Crippen LogP contribution in [0.15, 0.2) is 121 Å². The van der Waals surface area contributed by atoms with Gasteiger partial charge < -0.3 is 4.90 Å². The molecule has 0 unspecified atom stereocenters. The van der Waals surface area contributed by atoms with Crippen molar-refractivity contribution in [1.82, 2.24) is 0 Å². The highest BCUT2D eigenvalue weighted by atomic mass is 19.1. The minimum absolute atomic E-state index is 0.165. The lowest BCUT2D eigenvalue weighted by Gasteiger charge is -2.27. The van der Waals surface area contributed by atoms with Crippen LogP contribution in [-0.2, 0) is 0 Å². The largest absolute Gasteiger partial charge is 0.312 e. The van der Waals surface area contributed by atoms with E-state index in [1.165, 1.54) is 12.1 Å². The number of hydrogen-bond acceptors (Lipinski definition) is 2. The fourth-order valence-corrected chi connectivity index (χ4v) is 4.24. The van der Waals surface area contributed by atoms with E-state index in [9.17, 15) is 9.65 Å². The van der Waals surface area contributed by atoms with Crippen LogP contribution in [0.4, 0.5) is 27.1 Å². The summed E-state index contributed by atoms with van der Waals surface area (Å²) in [4.78, 5) is 5.29. The van der Waals surface area contributed by atoms with Gasteiger partial charge in [-0.3, -0.25) is 0 Å². The number of benzene rings is 5. The van der Waals surface area contributed by atoms with Crippen molar-refractivity contribution in [3.05, 3.63) is 144 Å². The van der Waals surface area contributed by atoms with Crippen molar-refractivity contribution in [3.63, 3.8) is 0 Å². The molecule has 170 valence electrons. The summed E-state index contributed by atoms with van der Waals surface area (Å²) in [5, 5.41) is 9.56. The summed E-state index contributed by atoms with van der Waals surface area (Å²) in [5.41, 5.74) is 6.01. The van der Waals surface area contributed by atoms with E-state index < -0.39 is 5.82 Å². The molecular formula is C32H20FN3. The van der Waals surface area contributed by atoms with Gasteiger partial charge in [0, 0.05) is 17.1 Å². The lowest BCUT2D eigenvalue weighted by Crippen LogP contribution is -2.11. The zero-order chi connectivity index (χ0) is 24.9. The second-order valence-electron chi connectivity index (χ2n) is 8.22. The zero-order valence-corrected chi connectivity index (χ0v) is 19.3. The molecule has 5 aromatic rings. The van der Waals surface area contributed by atoms with Crippen LogP contribution in [0, 0.1) is 23.7 Å². The minimum Gasteiger partial charge on any atom is -0.312 e. The van der Waals surface area contributed by atoms with Gasteiger partial charge in [0.05, 0.1) is 12.1 Å². The summed E-state index contributed by atoms with van der Waals surface area (Å²) in [6.07, 6.45) is 0. The molecule has 0 aliphatic heterocycles. The molecule has 0 aliphatic rings. The summed E-state index contributed by atoms with van der Waals surface area (Å²) in [5.74, 6) is -0.799. The van der Waals surface area contributed by atoms with Crippen LogP contribution in [0.3, 0.4) is 0 Å². The highest BCUT2D eigenvalue weighted by Crippen LogP contribution is 2.40. The molecule has 0 saturated heterocycles. The number of halogens is 1. The van der Waals surface area contributed by atoms with Gasteiger partial charge in [0.15, 0.2) is 0 Å². The Kier molecular flexibility index (Phi) is 6.26. The third-order valence-corrected chi connectivity index (χ3v) is 5.96. The van der Waals surface area contributed by atoms with Crippen LogP contribution in [0.2, 0.25) is 0 Å². The first-order chi connectivity index (χ1) is 17.7. The quantitative estimate of drug-likeness (QED) is 0.242. The van der Waals surface area contributed by atoms with Crippen molar-refractivity contribution in [2.75, 3.05) is 4.90 Å². The smallest absolute Gasteiger partial charge is 0.225 e. The Morgan fingerprint density at radius 2 is 1.11 bits per heavy atom. The maximum absolute atomic E-state index is 14.6. The van der Waals surface area contributed by atoms with E-state index in [0.717, 1.165) is 33.6 Å². The molecule has 0 spiro atoms.